The molecule has 3 heteroatoms. The second-order valence-electron chi connectivity index (χ2n) is 6.07. The number of fused-ring (bicyclic) bond motifs is 1. The van der Waals surface area contributed by atoms with Crippen LogP contribution in [0.1, 0.15) is 0 Å². The molecule has 1 aliphatic heterocycles. The Morgan fingerprint density at radius 2 is 1.38 bits per heavy atom. The van der Waals surface area contributed by atoms with Gasteiger partial charge in [0.05, 0.1) is 0 Å². The second-order valence-corrected chi connectivity index (χ2v) is 8.26. The standard InChI is InChI=1S/C21H20NOP/c23-21-19-14-8-7-9-16(19)15-20(22-21)24(17-10-3-1-4-11-17)18-12-5-2-6-13-18/h1-16,19,21-23H. The molecular weight excluding hydrogens is 313 g/mol. The van der Waals surface area contributed by atoms with Crippen LogP contribution in [0, 0.1) is 11.8 Å². The van der Waals surface area contributed by atoms with Crippen molar-refractivity contribution in [2.45, 2.75) is 6.23 Å². The minimum Gasteiger partial charge on any atom is -0.373 e. The Morgan fingerprint density at radius 1 is 0.792 bits per heavy atom. The summed E-state index contributed by atoms with van der Waals surface area (Å²) >= 11 is 0. The summed E-state index contributed by atoms with van der Waals surface area (Å²) in [4.78, 5) is 0. The highest BCUT2D eigenvalue weighted by Gasteiger charge is 2.32. The molecule has 2 nitrogen and oxygen atoms in total. The van der Waals surface area contributed by atoms with Crippen LogP contribution < -0.4 is 15.9 Å². The van der Waals surface area contributed by atoms with E-state index in [1.54, 1.807) is 0 Å². The first-order chi connectivity index (χ1) is 11.8. The van der Waals surface area contributed by atoms with Gasteiger partial charge in [-0.1, -0.05) is 91.0 Å². The summed E-state index contributed by atoms with van der Waals surface area (Å²) in [5.41, 5.74) is 1.14. The van der Waals surface area contributed by atoms with E-state index in [4.69, 9.17) is 0 Å². The van der Waals surface area contributed by atoms with Gasteiger partial charge in [-0.15, -0.1) is 0 Å². The second kappa shape index (κ2) is 6.76. The minimum atomic E-state index is -0.696. The molecule has 2 aromatic rings. The van der Waals surface area contributed by atoms with Crippen LogP contribution in [0.4, 0.5) is 0 Å². The van der Waals surface area contributed by atoms with Crippen molar-refractivity contribution in [3.63, 3.8) is 0 Å². The molecule has 0 fully saturated rings. The molecule has 3 atom stereocenters. The van der Waals surface area contributed by atoms with Gasteiger partial charge in [0.15, 0.2) is 0 Å². The molecule has 1 heterocycles. The first-order valence-corrected chi connectivity index (χ1v) is 9.59. The van der Waals surface area contributed by atoms with Crippen LogP contribution in [0.25, 0.3) is 0 Å². The Bertz CT molecular complexity index is 743. The van der Waals surface area contributed by atoms with Crippen molar-refractivity contribution in [1.82, 2.24) is 5.32 Å². The van der Waals surface area contributed by atoms with Crippen molar-refractivity contribution < 1.29 is 5.11 Å². The number of rotatable bonds is 3. The van der Waals surface area contributed by atoms with Crippen molar-refractivity contribution >= 4 is 18.5 Å². The lowest BCUT2D eigenvalue weighted by molar-refractivity contribution is 0.0888. The fourth-order valence-corrected chi connectivity index (χ4v) is 5.70. The zero-order valence-corrected chi connectivity index (χ0v) is 14.2. The Kier molecular flexibility index (Phi) is 4.34. The van der Waals surface area contributed by atoms with Crippen molar-refractivity contribution in [1.29, 1.82) is 0 Å². The van der Waals surface area contributed by atoms with Gasteiger partial charge < -0.3 is 10.4 Å². The lowest BCUT2D eigenvalue weighted by Crippen LogP contribution is -2.42. The normalized spacial score (nSPS) is 25.1. The van der Waals surface area contributed by atoms with Crippen LogP contribution in [-0.4, -0.2) is 11.3 Å². The highest BCUT2D eigenvalue weighted by atomic mass is 31.1. The van der Waals surface area contributed by atoms with Crippen LogP contribution in [0.5, 0.6) is 0 Å². The van der Waals surface area contributed by atoms with E-state index in [0.717, 1.165) is 5.44 Å². The molecule has 1 aliphatic carbocycles. The Morgan fingerprint density at radius 3 is 2.00 bits per heavy atom. The SMILES string of the molecule is OC1NC(P(c2ccccc2)c2ccccc2)=CC2C=CC=CC21. The molecule has 0 spiro atoms. The lowest BCUT2D eigenvalue weighted by atomic mass is 9.85. The molecule has 2 N–H and O–H groups in total. The van der Waals surface area contributed by atoms with Gasteiger partial charge in [-0.05, 0) is 10.6 Å². The van der Waals surface area contributed by atoms with Gasteiger partial charge in [0.2, 0.25) is 0 Å². The number of hydrogen-bond acceptors (Lipinski definition) is 2. The predicted molar refractivity (Wildman–Crippen MR) is 102 cm³/mol. The maximum Gasteiger partial charge on any atom is 0.131 e. The predicted octanol–water partition coefficient (Wildman–Crippen LogP) is 3.24. The molecule has 0 aromatic heterocycles. The molecule has 120 valence electrons. The third kappa shape index (κ3) is 2.96. The number of hydrogen-bond donors (Lipinski definition) is 2. The van der Waals surface area contributed by atoms with Crippen LogP contribution in [0.2, 0.25) is 0 Å². The number of allylic oxidation sites excluding steroid dienone is 4. The van der Waals surface area contributed by atoms with Gasteiger partial charge >= 0.3 is 0 Å². The molecule has 0 bridgehead atoms. The van der Waals surface area contributed by atoms with E-state index in [2.05, 4.69) is 78.2 Å². The summed E-state index contributed by atoms with van der Waals surface area (Å²) < 4.78 is 0. The topological polar surface area (TPSA) is 32.3 Å². The molecule has 4 rings (SSSR count). The average Bonchev–Trinajstić information content (AvgIpc) is 2.64. The molecular formula is C21H20NOP. The van der Waals surface area contributed by atoms with E-state index in [-0.39, 0.29) is 11.8 Å². The summed E-state index contributed by atoms with van der Waals surface area (Å²) in [6.45, 7) is 0. The van der Waals surface area contributed by atoms with E-state index < -0.39 is 14.1 Å². The van der Waals surface area contributed by atoms with Crippen LogP contribution in [0.15, 0.2) is 96.5 Å². The summed E-state index contributed by atoms with van der Waals surface area (Å²) in [7, 11) is -0.696. The molecule has 0 saturated heterocycles. The molecule has 0 saturated carbocycles. The molecule has 2 aliphatic rings. The number of aliphatic hydroxyl groups excluding tert-OH is 1. The summed E-state index contributed by atoms with van der Waals surface area (Å²) in [5.74, 6) is 0.362. The zero-order valence-electron chi connectivity index (χ0n) is 13.3. The van der Waals surface area contributed by atoms with Gasteiger partial charge in [0.1, 0.15) is 6.23 Å². The zero-order chi connectivity index (χ0) is 16.4. The van der Waals surface area contributed by atoms with Gasteiger partial charge in [0, 0.05) is 25.2 Å². The average molecular weight is 333 g/mol. The monoisotopic (exact) mass is 333 g/mol. The van der Waals surface area contributed by atoms with E-state index in [0.29, 0.717) is 0 Å². The molecule has 0 amide bonds. The van der Waals surface area contributed by atoms with Crippen LogP contribution in [0.3, 0.4) is 0 Å². The summed E-state index contributed by atoms with van der Waals surface area (Å²) in [6.07, 6.45) is 10.1. The molecule has 0 radical (unpaired) electrons. The van der Waals surface area contributed by atoms with Crippen LogP contribution >= 0.6 is 7.92 Å². The van der Waals surface area contributed by atoms with Crippen molar-refractivity contribution in [2.24, 2.45) is 11.8 Å². The molecule has 24 heavy (non-hydrogen) atoms. The van der Waals surface area contributed by atoms with Crippen molar-refractivity contribution in [2.75, 3.05) is 0 Å². The highest BCUT2D eigenvalue weighted by Crippen LogP contribution is 2.45. The van der Waals surface area contributed by atoms with Gasteiger partial charge in [-0.25, -0.2) is 0 Å². The third-order valence-electron chi connectivity index (χ3n) is 4.50. The highest BCUT2D eigenvalue weighted by molar-refractivity contribution is 7.76. The molecule has 2 aromatic carbocycles. The smallest absolute Gasteiger partial charge is 0.131 e. The maximum atomic E-state index is 10.6. The fourth-order valence-electron chi connectivity index (χ4n) is 3.32. The first-order valence-electron chi connectivity index (χ1n) is 8.24. The van der Waals surface area contributed by atoms with E-state index in [9.17, 15) is 5.11 Å². The summed E-state index contributed by atoms with van der Waals surface area (Å²) in [6, 6.07) is 21.1. The van der Waals surface area contributed by atoms with Gasteiger partial charge in [0.25, 0.3) is 0 Å². The largest absolute Gasteiger partial charge is 0.373 e. The van der Waals surface area contributed by atoms with E-state index >= 15 is 0 Å². The maximum absolute atomic E-state index is 10.6. The lowest BCUT2D eigenvalue weighted by Gasteiger charge is -2.36. The van der Waals surface area contributed by atoms with Crippen LogP contribution in [-0.2, 0) is 0 Å². The Balaban J connectivity index is 1.78. The van der Waals surface area contributed by atoms with E-state index in [1.165, 1.54) is 10.6 Å². The van der Waals surface area contributed by atoms with Crippen molar-refractivity contribution in [3.8, 4) is 0 Å². The minimum absolute atomic E-state index is 0.113. The summed E-state index contributed by atoms with van der Waals surface area (Å²) in [5, 5.41) is 16.5. The Hall–Kier alpha value is -2.15. The fraction of sp³-hybridized carbons (Fsp3) is 0.143. The number of aliphatic hydroxyl groups is 1. The Labute approximate surface area is 144 Å². The van der Waals surface area contributed by atoms with Gasteiger partial charge in [-0.3, -0.25) is 0 Å². The number of benzene rings is 2. The van der Waals surface area contributed by atoms with E-state index in [1.807, 2.05) is 18.2 Å². The molecule has 3 unspecified atom stereocenters. The third-order valence-corrected chi connectivity index (χ3v) is 6.89. The first kappa shape index (κ1) is 15.4. The number of nitrogens with one attached hydrogen (secondary N) is 1. The van der Waals surface area contributed by atoms with Gasteiger partial charge in [-0.2, -0.15) is 0 Å². The quantitative estimate of drug-likeness (QED) is 0.845. The van der Waals surface area contributed by atoms with Crippen molar-refractivity contribution in [3.05, 3.63) is 96.5 Å².